The van der Waals surface area contributed by atoms with Gasteiger partial charge in [-0.2, -0.15) is 8.61 Å². The Balaban J connectivity index is 0.000000372. The van der Waals surface area contributed by atoms with E-state index in [0.717, 1.165) is 32.1 Å². The van der Waals surface area contributed by atoms with Crippen LogP contribution in [0.4, 0.5) is 0 Å². The molecule has 2 heterocycles. The molecule has 0 amide bonds. The molecule has 2 aliphatic heterocycles. The van der Waals surface area contributed by atoms with Gasteiger partial charge in [0.25, 0.3) is 0 Å². The molecule has 442 valence electrons. The third-order valence-corrected chi connectivity index (χ3v) is 19.1. The summed E-state index contributed by atoms with van der Waals surface area (Å²) in [6.45, 7) is 15.7. The van der Waals surface area contributed by atoms with Crippen molar-refractivity contribution < 1.29 is 65.2 Å². The standard InChI is InChI=1S/C25H33Cl2N2O7PS.C21H25Cl2N2O7PS.C3H9BrSi.C2H6/c1-5-34-25(30)16-29(17-37(31,35-6-2)36-7-3)38(32,33)20-10-8-9-18(11-20)22-14-28(4)15-23-21(22)12-19(26)13-24(23)27;1-3-32-21(26)12-25(13-33(27,28)29)34(30,31)16-6-4-5-14(7-16)18-10-24(2)11-19-17(18)8-15(22)9-20(19)23;1-5(2,3)4;1-2/h8-13,22H,5-7,14-17H2,1-4H3;4-9,18H,3,10-13H2,1-2H3,(H2,27,28,29);1-3H3;1-2H3/i;;;1D. The lowest BCUT2D eigenvalue weighted by Gasteiger charge is -2.33. The number of rotatable bonds is 20. The smallest absolute Gasteiger partial charge is 0.345 e. The van der Waals surface area contributed by atoms with Crippen LogP contribution in [0.5, 0.6) is 0 Å². The van der Waals surface area contributed by atoms with Gasteiger partial charge in [-0.25, -0.2) is 16.8 Å². The molecule has 6 rings (SSSR count). The van der Waals surface area contributed by atoms with E-state index in [1.807, 2.05) is 32.3 Å². The zero-order valence-corrected chi connectivity index (χ0v) is 55.0. The Kier molecular flexibility index (Phi) is 27.7. The molecule has 79 heavy (non-hydrogen) atoms. The number of ether oxygens (including phenoxy) is 2. The predicted molar refractivity (Wildman–Crippen MR) is 319 cm³/mol. The number of nitrogens with zero attached hydrogens (tertiary/aromatic N) is 4. The van der Waals surface area contributed by atoms with Crippen molar-refractivity contribution in [1.29, 1.82) is 0 Å². The highest BCUT2D eigenvalue weighted by atomic mass is 79.9. The number of fused-ring (bicyclic) bond motifs is 2. The van der Waals surface area contributed by atoms with Crippen molar-refractivity contribution >= 4 is 116 Å². The maximum Gasteiger partial charge on any atom is 0.345 e. The number of carbonyl (C=O) groups excluding carboxylic acids is 2. The molecule has 28 heteroatoms. The van der Waals surface area contributed by atoms with Crippen LogP contribution >= 0.6 is 76.9 Å². The van der Waals surface area contributed by atoms with Crippen LogP contribution in [0.15, 0.2) is 82.6 Å². The molecule has 2 N–H and O–H groups in total. The van der Waals surface area contributed by atoms with Crippen molar-refractivity contribution in [3.63, 3.8) is 0 Å². The molecular formula is C51H73BrCl4N4O14P2S2Si. The van der Waals surface area contributed by atoms with E-state index in [2.05, 4.69) is 44.7 Å². The lowest BCUT2D eigenvalue weighted by molar-refractivity contribution is -0.144. The van der Waals surface area contributed by atoms with E-state index in [1.165, 1.54) is 18.2 Å². The van der Waals surface area contributed by atoms with E-state index in [9.17, 15) is 45.3 Å². The lowest BCUT2D eigenvalue weighted by Crippen LogP contribution is -2.38. The maximum atomic E-state index is 13.8. The van der Waals surface area contributed by atoms with Crippen molar-refractivity contribution in [2.24, 2.45) is 0 Å². The van der Waals surface area contributed by atoms with Crippen LogP contribution in [0, 0.1) is 0 Å². The monoisotopic (exact) mass is 1340 g/mol. The minimum Gasteiger partial charge on any atom is -0.465 e. The molecule has 2 aliphatic rings. The van der Waals surface area contributed by atoms with E-state index in [1.54, 1.807) is 71.0 Å². The van der Waals surface area contributed by atoms with Crippen LogP contribution in [0.3, 0.4) is 0 Å². The lowest BCUT2D eigenvalue weighted by atomic mass is 9.85. The van der Waals surface area contributed by atoms with Gasteiger partial charge in [-0.3, -0.25) is 18.7 Å². The summed E-state index contributed by atoms with van der Waals surface area (Å²) in [4.78, 5) is 47.0. The van der Waals surface area contributed by atoms with E-state index in [-0.39, 0.29) is 48.1 Å². The van der Waals surface area contributed by atoms with E-state index in [0.29, 0.717) is 63.0 Å². The summed E-state index contributed by atoms with van der Waals surface area (Å²) < 4.78 is 107. The van der Waals surface area contributed by atoms with E-state index < -0.39 is 79.5 Å². The van der Waals surface area contributed by atoms with Gasteiger partial charge in [0.2, 0.25) is 20.0 Å². The molecule has 0 aliphatic carbocycles. The molecule has 2 unspecified atom stereocenters. The highest BCUT2D eigenvalue weighted by Crippen LogP contribution is 2.50. The molecule has 0 aromatic heterocycles. The van der Waals surface area contributed by atoms with Crippen LogP contribution < -0.4 is 0 Å². The number of hydrogen-bond donors (Lipinski definition) is 2. The van der Waals surface area contributed by atoms with Crippen molar-refractivity contribution in [3.8, 4) is 0 Å². The largest absolute Gasteiger partial charge is 0.465 e. The van der Waals surface area contributed by atoms with Gasteiger partial charge in [-0.05, 0) is 124 Å². The molecule has 2 atom stereocenters. The summed E-state index contributed by atoms with van der Waals surface area (Å²) in [5, 5.41) is 2.03. The van der Waals surface area contributed by atoms with Gasteiger partial charge < -0.3 is 38.1 Å². The van der Waals surface area contributed by atoms with Crippen molar-refractivity contribution in [2.45, 2.75) is 95.9 Å². The van der Waals surface area contributed by atoms with Crippen molar-refractivity contribution in [1.82, 2.24) is 18.4 Å². The van der Waals surface area contributed by atoms with Crippen molar-refractivity contribution in [2.75, 3.05) is 79.3 Å². The summed E-state index contributed by atoms with van der Waals surface area (Å²) in [6, 6.07) is 19.5. The second-order valence-corrected chi connectivity index (χ2v) is 39.3. The fraction of sp³-hybridized carbons (Fsp3) is 0.490. The topological polar surface area (TPSA) is 227 Å². The Hall–Kier alpha value is -2.28. The molecule has 0 saturated carbocycles. The SMILES string of the molecule is CCOC(=O)CN(CP(=O)(O)O)S(=O)(=O)c1cccc(C2CN(C)Cc3c(Cl)cc(Cl)cc32)c1.CCOC(=O)CN(CP(=O)(OCC)OCC)S(=O)(=O)c1cccc(C2CN(C)Cc3c(Cl)cc(Cl)cc32)c1.C[Si](C)(C)Br.[2H]CC. The highest BCUT2D eigenvalue weighted by molar-refractivity contribution is 9.26. The number of carbonyl (C=O) groups is 2. The Labute approximate surface area is 497 Å². The maximum absolute atomic E-state index is 13.8. The Bertz CT molecular complexity index is 3060. The van der Waals surface area contributed by atoms with Crippen LogP contribution in [0.1, 0.15) is 88.1 Å². The Morgan fingerprint density at radius 3 is 1.37 bits per heavy atom. The molecule has 4 aromatic rings. The second kappa shape index (κ2) is 31.6. The second-order valence-electron chi connectivity index (χ2n) is 18.9. The van der Waals surface area contributed by atoms with E-state index in [4.69, 9.17) is 66.3 Å². The molecule has 18 nitrogen and oxygen atoms in total. The summed E-state index contributed by atoms with van der Waals surface area (Å²) in [5.41, 5.74) is 5.01. The minimum atomic E-state index is -4.81. The highest BCUT2D eigenvalue weighted by Gasteiger charge is 2.38. The first-order valence-corrected chi connectivity index (χ1v) is 38.6. The number of sulfonamides is 2. The summed E-state index contributed by atoms with van der Waals surface area (Å²) in [5.74, 6) is -2.14. The molecule has 0 fully saturated rings. The van der Waals surface area contributed by atoms with Gasteiger partial charge in [0.15, 0.2) is 0 Å². The number of halogens is 5. The fourth-order valence-electron chi connectivity index (χ4n) is 8.38. The number of esters is 2. The summed E-state index contributed by atoms with van der Waals surface area (Å²) >= 11 is 29.0. The van der Waals surface area contributed by atoms with Gasteiger partial charge >= 0.3 is 27.1 Å². The fourth-order valence-corrected chi connectivity index (χ4v) is 15.8. The number of likely N-dealkylation sites (N-methyl/N-ethyl adjacent to an activating group) is 2. The number of hydrogen-bond acceptors (Lipinski definition) is 14. The summed E-state index contributed by atoms with van der Waals surface area (Å²) in [7, 11) is -13.6. The van der Waals surface area contributed by atoms with Crippen LogP contribution in [-0.2, 0) is 70.4 Å². The Morgan fingerprint density at radius 2 is 1.04 bits per heavy atom. The van der Waals surface area contributed by atoms with Gasteiger partial charge in [0, 0.05) is 59.5 Å². The average molecular weight is 1340 g/mol. The van der Waals surface area contributed by atoms with Crippen LogP contribution in [-0.4, -0.2) is 143 Å². The summed E-state index contributed by atoms with van der Waals surface area (Å²) in [6.07, 6.45) is -1.79. The third-order valence-electron chi connectivity index (χ3n) is 11.3. The third kappa shape index (κ3) is 21.7. The average Bonchev–Trinajstić information content (AvgIpc) is 3.33. The predicted octanol–water partition coefficient (Wildman–Crippen LogP) is 11.9. The van der Waals surface area contributed by atoms with Gasteiger partial charge in [0.05, 0.1) is 36.2 Å². The Morgan fingerprint density at radius 1 is 0.684 bits per heavy atom. The molecule has 0 bridgehead atoms. The van der Waals surface area contributed by atoms with Gasteiger partial charge in [-0.15, -0.1) is 15.3 Å². The zero-order chi connectivity index (χ0) is 60.6. The quantitative estimate of drug-likeness (QED) is 0.0363. The van der Waals surface area contributed by atoms with Crippen molar-refractivity contribution in [3.05, 3.63) is 126 Å². The van der Waals surface area contributed by atoms with E-state index >= 15 is 0 Å². The van der Waals surface area contributed by atoms with Gasteiger partial charge in [-0.1, -0.05) is 104 Å². The zero-order valence-electron chi connectivity index (χ0n) is 47.0. The molecule has 4 aromatic carbocycles. The first kappa shape index (κ1) is 69.2. The van der Waals surface area contributed by atoms with Gasteiger partial charge in [0.1, 0.15) is 32.4 Å². The first-order valence-electron chi connectivity index (χ1n) is 25.6. The molecule has 0 radical (unpaired) electrons. The first-order chi connectivity index (χ1) is 37.2. The molecule has 0 saturated heterocycles. The molecular weight excluding hydrogens is 1270 g/mol. The number of benzene rings is 4. The molecule has 0 spiro atoms. The normalized spacial score (nSPS) is 16.2. The van der Waals surface area contributed by atoms with Crippen LogP contribution in [0.2, 0.25) is 39.7 Å². The minimum absolute atomic E-state index is 0.00214. The van der Waals surface area contributed by atoms with Crippen LogP contribution in [0.25, 0.3) is 0 Å².